The van der Waals surface area contributed by atoms with E-state index in [1.54, 1.807) is 26.0 Å². The highest BCUT2D eigenvalue weighted by atomic mass is 35.5. The van der Waals surface area contributed by atoms with Crippen molar-refractivity contribution in [2.24, 2.45) is 5.10 Å². The van der Waals surface area contributed by atoms with E-state index < -0.39 is 0 Å². The lowest BCUT2D eigenvalue weighted by Crippen LogP contribution is -2.22. The molecule has 144 valence electrons. The van der Waals surface area contributed by atoms with Crippen LogP contribution >= 0.6 is 23.4 Å². The molecule has 0 saturated carbocycles. The van der Waals surface area contributed by atoms with Crippen molar-refractivity contribution in [1.82, 2.24) is 14.9 Å². The summed E-state index contributed by atoms with van der Waals surface area (Å²) in [5, 5.41) is 15.2. The van der Waals surface area contributed by atoms with Crippen LogP contribution in [0, 0.1) is 0 Å². The van der Waals surface area contributed by atoms with Gasteiger partial charge in [-0.2, -0.15) is 9.78 Å². The van der Waals surface area contributed by atoms with E-state index in [-0.39, 0.29) is 5.25 Å². The van der Waals surface area contributed by atoms with Crippen LogP contribution in [-0.2, 0) is 6.42 Å². The van der Waals surface area contributed by atoms with Crippen LogP contribution in [0.25, 0.3) is 0 Å². The Hall–Kier alpha value is -2.51. The summed E-state index contributed by atoms with van der Waals surface area (Å²) >= 11 is 7.67. The molecule has 6 nitrogen and oxygen atoms in total. The van der Waals surface area contributed by atoms with Crippen molar-refractivity contribution in [2.45, 2.75) is 23.8 Å². The van der Waals surface area contributed by atoms with Crippen LogP contribution in [-0.4, -0.2) is 40.1 Å². The Balaban J connectivity index is 1.68. The van der Waals surface area contributed by atoms with Crippen molar-refractivity contribution in [1.29, 1.82) is 0 Å². The molecule has 1 aliphatic heterocycles. The summed E-state index contributed by atoms with van der Waals surface area (Å²) in [6, 6.07) is 13.6. The lowest BCUT2D eigenvalue weighted by atomic mass is 10.1. The summed E-state index contributed by atoms with van der Waals surface area (Å²) in [7, 11) is 3.25. The number of fused-ring (bicyclic) bond motifs is 1. The van der Waals surface area contributed by atoms with E-state index in [1.165, 1.54) is 0 Å². The molecule has 8 heteroatoms. The number of nitrogens with zero attached hydrogens (tertiary/aromatic N) is 4. The van der Waals surface area contributed by atoms with Crippen molar-refractivity contribution < 1.29 is 9.47 Å². The lowest BCUT2D eigenvalue weighted by molar-refractivity contribution is 0.354. The van der Waals surface area contributed by atoms with Crippen molar-refractivity contribution in [2.75, 3.05) is 14.2 Å². The second-order valence-electron chi connectivity index (χ2n) is 6.33. The maximum atomic E-state index is 6.02. The summed E-state index contributed by atoms with van der Waals surface area (Å²) in [6.45, 7) is 2.12. The molecule has 28 heavy (non-hydrogen) atoms. The molecule has 0 amide bonds. The molecule has 1 atom stereocenters. The van der Waals surface area contributed by atoms with Crippen molar-refractivity contribution in [3.8, 4) is 11.5 Å². The largest absolute Gasteiger partial charge is 0.493 e. The molecule has 3 aromatic rings. The number of rotatable bonds is 5. The zero-order valence-electron chi connectivity index (χ0n) is 15.7. The highest BCUT2D eigenvalue weighted by molar-refractivity contribution is 8.00. The van der Waals surface area contributed by atoms with Crippen LogP contribution in [0.3, 0.4) is 0 Å². The maximum absolute atomic E-state index is 6.02. The number of thioether (sulfide) groups is 1. The molecule has 1 aliphatic rings. The Labute approximate surface area is 172 Å². The van der Waals surface area contributed by atoms with E-state index in [0.29, 0.717) is 22.9 Å². The summed E-state index contributed by atoms with van der Waals surface area (Å²) in [5.41, 5.74) is 3.06. The number of aromatic nitrogens is 3. The first-order valence-corrected chi connectivity index (χ1v) is 10.0. The van der Waals surface area contributed by atoms with E-state index in [1.807, 2.05) is 47.1 Å². The third-order valence-electron chi connectivity index (χ3n) is 4.50. The Morgan fingerprint density at radius 1 is 1.04 bits per heavy atom. The molecule has 0 fully saturated rings. The van der Waals surface area contributed by atoms with Gasteiger partial charge in [-0.3, -0.25) is 0 Å². The molecule has 0 saturated heterocycles. The van der Waals surface area contributed by atoms with E-state index in [4.69, 9.17) is 26.2 Å². The fourth-order valence-corrected chi connectivity index (χ4v) is 4.14. The fourth-order valence-electron chi connectivity index (χ4n) is 3.07. The van der Waals surface area contributed by atoms with E-state index >= 15 is 0 Å². The van der Waals surface area contributed by atoms with Gasteiger partial charge >= 0.3 is 0 Å². The molecule has 0 unspecified atom stereocenters. The minimum atomic E-state index is 0.173. The standard InChI is InChI=1S/C20H19ClN4O2S/c1-12-19(14-5-7-15(21)8-6-14)24-25-18(22-23-20(25)28-12)11-13-4-9-16(26-2)17(10-13)27-3/h4-10,12H,11H2,1-3H3/t12-/m0/s1. The van der Waals surface area contributed by atoms with Gasteiger partial charge in [-0.1, -0.05) is 41.6 Å². The van der Waals surface area contributed by atoms with Crippen LogP contribution in [0.4, 0.5) is 0 Å². The predicted molar refractivity (Wildman–Crippen MR) is 111 cm³/mol. The average molecular weight is 415 g/mol. The van der Waals surface area contributed by atoms with Crippen LogP contribution in [0.15, 0.2) is 52.7 Å². The highest BCUT2D eigenvalue weighted by Crippen LogP contribution is 2.32. The van der Waals surface area contributed by atoms with Crippen molar-refractivity contribution in [3.05, 3.63) is 64.4 Å². The van der Waals surface area contributed by atoms with Gasteiger partial charge in [-0.25, -0.2) is 0 Å². The average Bonchev–Trinajstić information content (AvgIpc) is 3.09. The zero-order chi connectivity index (χ0) is 19.7. The van der Waals surface area contributed by atoms with E-state index in [9.17, 15) is 0 Å². The second-order valence-corrected chi connectivity index (χ2v) is 8.07. The van der Waals surface area contributed by atoms with Gasteiger partial charge < -0.3 is 9.47 Å². The molecular weight excluding hydrogens is 396 g/mol. The highest BCUT2D eigenvalue weighted by Gasteiger charge is 2.25. The quantitative estimate of drug-likeness (QED) is 0.623. The summed E-state index contributed by atoms with van der Waals surface area (Å²) in [4.78, 5) is 0. The Bertz CT molecular complexity index is 1030. The monoisotopic (exact) mass is 414 g/mol. The van der Waals surface area contributed by atoms with Crippen LogP contribution in [0.1, 0.15) is 23.9 Å². The Morgan fingerprint density at radius 2 is 1.79 bits per heavy atom. The summed E-state index contributed by atoms with van der Waals surface area (Å²) in [6.07, 6.45) is 0.583. The molecule has 0 aliphatic carbocycles. The first kappa shape index (κ1) is 18.8. The van der Waals surface area contributed by atoms with E-state index in [2.05, 4.69) is 17.1 Å². The fraction of sp³-hybridized carbons (Fsp3) is 0.250. The van der Waals surface area contributed by atoms with Gasteiger partial charge in [0.25, 0.3) is 0 Å². The maximum Gasteiger partial charge on any atom is 0.212 e. The van der Waals surface area contributed by atoms with Gasteiger partial charge in [0, 0.05) is 11.4 Å². The molecule has 2 heterocycles. The van der Waals surface area contributed by atoms with Gasteiger partial charge in [0.2, 0.25) is 5.16 Å². The second kappa shape index (κ2) is 7.85. The zero-order valence-corrected chi connectivity index (χ0v) is 17.3. The lowest BCUT2D eigenvalue weighted by Gasteiger charge is -2.20. The predicted octanol–water partition coefficient (Wildman–Crippen LogP) is 4.29. The molecule has 0 bridgehead atoms. The van der Waals surface area contributed by atoms with Gasteiger partial charge in [0.15, 0.2) is 17.3 Å². The van der Waals surface area contributed by atoms with Gasteiger partial charge in [-0.15, -0.1) is 10.2 Å². The van der Waals surface area contributed by atoms with Crippen LogP contribution in [0.5, 0.6) is 11.5 Å². The van der Waals surface area contributed by atoms with Crippen LogP contribution < -0.4 is 9.47 Å². The number of benzene rings is 2. The Morgan fingerprint density at radius 3 is 2.50 bits per heavy atom. The molecule has 0 radical (unpaired) electrons. The minimum absolute atomic E-state index is 0.173. The van der Waals surface area contributed by atoms with E-state index in [0.717, 1.165) is 27.8 Å². The smallest absolute Gasteiger partial charge is 0.212 e. The first-order valence-electron chi connectivity index (χ1n) is 8.75. The molecule has 4 rings (SSSR count). The molecule has 0 spiro atoms. The molecule has 0 N–H and O–H groups in total. The third-order valence-corrected chi connectivity index (χ3v) is 5.80. The van der Waals surface area contributed by atoms with Gasteiger partial charge in [0.1, 0.15) is 0 Å². The number of ether oxygens (including phenoxy) is 2. The number of halogens is 1. The molecular formula is C20H19ClN4O2S. The van der Waals surface area contributed by atoms with Crippen molar-refractivity contribution in [3.63, 3.8) is 0 Å². The third kappa shape index (κ3) is 3.59. The summed E-state index contributed by atoms with van der Waals surface area (Å²) in [5.74, 6) is 2.15. The minimum Gasteiger partial charge on any atom is -0.493 e. The summed E-state index contributed by atoms with van der Waals surface area (Å²) < 4.78 is 12.5. The van der Waals surface area contributed by atoms with Crippen molar-refractivity contribution >= 4 is 29.1 Å². The van der Waals surface area contributed by atoms with Gasteiger partial charge in [0.05, 0.1) is 25.2 Å². The number of methoxy groups -OCH3 is 2. The normalized spacial score (nSPS) is 15.7. The molecule has 1 aromatic heterocycles. The van der Waals surface area contributed by atoms with Crippen LogP contribution in [0.2, 0.25) is 5.02 Å². The SMILES string of the molecule is COc1ccc(Cc2nnc3n2N=C(c2ccc(Cl)cc2)[C@H](C)S3)cc1OC. The number of hydrogen-bond donors (Lipinski definition) is 0. The Kier molecular flexibility index (Phi) is 5.28. The molecule has 2 aromatic carbocycles. The number of hydrogen-bond acceptors (Lipinski definition) is 6. The first-order chi connectivity index (χ1) is 13.6. The van der Waals surface area contributed by atoms with Gasteiger partial charge in [-0.05, 0) is 42.3 Å². The topological polar surface area (TPSA) is 61.5 Å².